The molecule has 1 unspecified atom stereocenters. The van der Waals surface area contributed by atoms with Gasteiger partial charge < -0.3 is 5.32 Å². The predicted molar refractivity (Wildman–Crippen MR) is 82.4 cm³/mol. The molecule has 1 heterocycles. The van der Waals surface area contributed by atoms with Crippen molar-refractivity contribution in [3.8, 4) is 0 Å². The van der Waals surface area contributed by atoms with Gasteiger partial charge in [0.05, 0.1) is 0 Å². The summed E-state index contributed by atoms with van der Waals surface area (Å²) < 4.78 is 0. The summed E-state index contributed by atoms with van der Waals surface area (Å²) >= 11 is 12.3. The minimum Gasteiger partial charge on any atom is -0.366 e. The van der Waals surface area contributed by atoms with E-state index >= 15 is 0 Å². The molecule has 2 rings (SSSR count). The van der Waals surface area contributed by atoms with Gasteiger partial charge >= 0.3 is 0 Å². The second kappa shape index (κ2) is 6.78. The largest absolute Gasteiger partial charge is 0.366 e. The first-order chi connectivity index (χ1) is 9.15. The molecule has 1 aromatic carbocycles. The van der Waals surface area contributed by atoms with E-state index in [1.54, 1.807) is 0 Å². The highest BCUT2D eigenvalue weighted by atomic mass is 35.5. The number of benzene rings is 1. The van der Waals surface area contributed by atoms with E-state index in [9.17, 15) is 0 Å². The molecule has 0 saturated heterocycles. The lowest BCUT2D eigenvalue weighted by Gasteiger charge is -2.13. The number of rotatable bonds is 2. The first kappa shape index (κ1) is 14.2. The Morgan fingerprint density at radius 1 is 1.26 bits per heavy atom. The molecule has 0 bridgehead atoms. The second-order valence-corrected chi connectivity index (χ2v) is 5.35. The average molecular weight is 295 g/mol. The molecular weight excluding hydrogens is 279 g/mol. The maximum Gasteiger partial charge on any atom is 0.129 e. The quantitative estimate of drug-likeness (QED) is 0.803. The van der Waals surface area contributed by atoms with E-state index in [0.717, 1.165) is 11.5 Å². The molecule has 1 N–H and O–H groups in total. The van der Waals surface area contributed by atoms with Crippen LogP contribution >= 0.6 is 23.2 Å². The molecule has 19 heavy (non-hydrogen) atoms. The van der Waals surface area contributed by atoms with Gasteiger partial charge in [-0.25, -0.2) is 4.99 Å². The third-order valence-corrected chi connectivity index (χ3v) is 3.65. The molecule has 1 aromatic rings. The van der Waals surface area contributed by atoms with Gasteiger partial charge in [-0.15, -0.1) is 0 Å². The van der Waals surface area contributed by atoms with E-state index < -0.39 is 0 Å². The topological polar surface area (TPSA) is 24.4 Å². The lowest BCUT2D eigenvalue weighted by atomic mass is 10.1. The second-order valence-electron chi connectivity index (χ2n) is 4.53. The van der Waals surface area contributed by atoms with Gasteiger partial charge in [0, 0.05) is 11.6 Å². The maximum absolute atomic E-state index is 6.24. The minimum absolute atomic E-state index is 0.263. The van der Waals surface area contributed by atoms with Crippen molar-refractivity contribution in [3.05, 3.63) is 58.2 Å². The van der Waals surface area contributed by atoms with Crippen LogP contribution in [0.15, 0.2) is 57.7 Å². The van der Waals surface area contributed by atoms with Crippen molar-refractivity contribution in [2.75, 3.05) is 0 Å². The standard InChI is InChI=1S/C15H16Cl2N2/c1-11-7-8-14(17)19-15(9-13(11)16)18-10-12-5-3-2-4-6-12/h2-6,8-9,11H,7,10H2,1H3,(H,18,19)/b13-9+,14-8+. The number of amidine groups is 1. The molecular formula is C15H16Cl2N2. The van der Waals surface area contributed by atoms with Crippen molar-refractivity contribution < 1.29 is 0 Å². The van der Waals surface area contributed by atoms with Gasteiger partial charge in [0.1, 0.15) is 11.0 Å². The monoisotopic (exact) mass is 294 g/mol. The molecule has 1 aliphatic rings. The molecule has 0 aromatic heterocycles. The van der Waals surface area contributed by atoms with Gasteiger partial charge in [-0.05, 0) is 30.1 Å². The van der Waals surface area contributed by atoms with Crippen molar-refractivity contribution in [3.63, 3.8) is 0 Å². The van der Waals surface area contributed by atoms with Gasteiger partial charge in [0.2, 0.25) is 0 Å². The number of halogens is 2. The van der Waals surface area contributed by atoms with E-state index in [1.165, 1.54) is 5.56 Å². The summed E-state index contributed by atoms with van der Waals surface area (Å²) in [5.41, 5.74) is 1.19. The third-order valence-electron chi connectivity index (χ3n) is 2.93. The van der Waals surface area contributed by atoms with Crippen LogP contribution in [0.3, 0.4) is 0 Å². The molecule has 0 radical (unpaired) electrons. The first-order valence-corrected chi connectivity index (χ1v) is 7.00. The Bertz CT molecular complexity index is 518. The highest BCUT2D eigenvalue weighted by Gasteiger charge is 2.10. The lowest BCUT2D eigenvalue weighted by molar-refractivity contribution is 0.725. The van der Waals surface area contributed by atoms with E-state index in [0.29, 0.717) is 17.5 Å². The molecule has 0 saturated carbocycles. The summed E-state index contributed by atoms with van der Waals surface area (Å²) in [6, 6.07) is 10.1. The van der Waals surface area contributed by atoms with Gasteiger partial charge in [-0.3, -0.25) is 0 Å². The van der Waals surface area contributed by atoms with Gasteiger partial charge in [-0.2, -0.15) is 0 Å². The number of nitrogens with zero attached hydrogens (tertiary/aromatic N) is 1. The minimum atomic E-state index is 0.263. The van der Waals surface area contributed by atoms with Crippen LogP contribution in [-0.2, 0) is 6.54 Å². The molecule has 2 nitrogen and oxygen atoms in total. The van der Waals surface area contributed by atoms with Gasteiger partial charge in [0.25, 0.3) is 0 Å². The Labute approximate surface area is 123 Å². The van der Waals surface area contributed by atoms with Crippen LogP contribution in [-0.4, -0.2) is 5.84 Å². The van der Waals surface area contributed by atoms with Crippen molar-refractivity contribution in [2.24, 2.45) is 10.9 Å². The van der Waals surface area contributed by atoms with Crippen LogP contribution in [0.25, 0.3) is 0 Å². The fourth-order valence-corrected chi connectivity index (χ4v) is 2.10. The van der Waals surface area contributed by atoms with Gasteiger partial charge in [-0.1, -0.05) is 60.5 Å². The summed E-state index contributed by atoms with van der Waals surface area (Å²) in [4.78, 5) is 4.31. The van der Waals surface area contributed by atoms with E-state index in [-0.39, 0.29) is 5.92 Å². The number of hydrogen-bond acceptors (Lipinski definition) is 2. The van der Waals surface area contributed by atoms with E-state index in [1.807, 2.05) is 30.4 Å². The SMILES string of the molecule is CC1C/C=C(Cl)/N=C(NCc2ccccc2)\C=C/1Cl. The first-order valence-electron chi connectivity index (χ1n) is 6.24. The Morgan fingerprint density at radius 2 is 2.00 bits per heavy atom. The molecule has 1 aliphatic heterocycles. The van der Waals surface area contributed by atoms with E-state index in [4.69, 9.17) is 23.2 Å². The van der Waals surface area contributed by atoms with Gasteiger partial charge in [0.15, 0.2) is 0 Å². The van der Waals surface area contributed by atoms with Crippen molar-refractivity contribution >= 4 is 29.0 Å². The zero-order chi connectivity index (χ0) is 13.7. The predicted octanol–water partition coefficient (Wildman–Crippen LogP) is 4.42. The summed E-state index contributed by atoms with van der Waals surface area (Å²) in [6.45, 7) is 2.76. The Hall–Kier alpha value is -1.25. The Morgan fingerprint density at radius 3 is 2.74 bits per heavy atom. The fraction of sp³-hybridized carbons (Fsp3) is 0.267. The van der Waals surface area contributed by atoms with Crippen LogP contribution in [0.1, 0.15) is 18.9 Å². The van der Waals surface area contributed by atoms with Crippen LogP contribution < -0.4 is 5.32 Å². The summed E-state index contributed by atoms with van der Waals surface area (Å²) in [5.74, 6) is 0.959. The number of allylic oxidation sites excluding steroid dienone is 2. The summed E-state index contributed by atoms with van der Waals surface area (Å²) in [5, 5.41) is 4.54. The molecule has 4 heteroatoms. The van der Waals surface area contributed by atoms with Crippen molar-refractivity contribution in [2.45, 2.75) is 19.9 Å². The van der Waals surface area contributed by atoms with E-state index in [2.05, 4.69) is 29.4 Å². The van der Waals surface area contributed by atoms with Crippen LogP contribution in [0.5, 0.6) is 0 Å². The maximum atomic E-state index is 6.24. The molecule has 0 aliphatic carbocycles. The Kier molecular flexibility index (Phi) is 5.06. The third kappa shape index (κ3) is 4.41. The van der Waals surface area contributed by atoms with Crippen molar-refractivity contribution in [1.82, 2.24) is 5.32 Å². The smallest absolute Gasteiger partial charge is 0.129 e. The van der Waals surface area contributed by atoms with Crippen LogP contribution in [0, 0.1) is 5.92 Å². The molecule has 1 atom stereocenters. The molecule has 0 amide bonds. The highest BCUT2D eigenvalue weighted by Crippen LogP contribution is 2.23. The van der Waals surface area contributed by atoms with Crippen LogP contribution in [0.4, 0.5) is 0 Å². The Balaban J connectivity index is 2.11. The lowest BCUT2D eigenvalue weighted by Crippen LogP contribution is -2.22. The van der Waals surface area contributed by atoms with Crippen LogP contribution in [0.2, 0.25) is 0 Å². The molecule has 0 spiro atoms. The zero-order valence-corrected chi connectivity index (χ0v) is 12.2. The summed E-state index contributed by atoms with van der Waals surface area (Å²) in [6.07, 6.45) is 4.56. The number of nitrogens with one attached hydrogen (secondary N) is 1. The summed E-state index contributed by atoms with van der Waals surface area (Å²) in [7, 11) is 0. The fourth-order valence-electron chi connectivity index (χ4n) is 1.73. The zero-order valence-electron chi connectivity index (χ0n) is 10.7. The van der Waals surface area contributed by atoms with Crippen molar-refractivity contribution in [1.29, 1.82) is 0 Å². The normalized spacial score (nSPS) is 27.9. The average Bonchev–Trinajstić information content (AvgIpc) is 2.42. The number of aliphatic imine (C=N–C) groups is 1. The molecule has 100 valence electrons. The number of hydrogen-bond donors (Lipinski definition) is 1. The molecule has 0 fully saturated rings. The highest BCUT2D eigenvalue weighted by molar-refractivity contribution is 6.32.